The molecule has 3 amide bonds. The monoisotopic (exact) mass is 777 g/mol. The number of aromatic nitrogens is 1. The molecule has 2 heterocycles. The average molecular weight is 778 g/mol. The lowest BCUT2D eigenvalue weighted by atomic mass is 9.85. The normalized spacial score (nSPS) is 24.7. The Morgan fingerprint density at radius 1 is 1.13 bits per heavy atom. The maximum Gasteiger partial charge on any atom is 0.408 e. The van der Waals surface area contributed by atoms with Gasteiger partial charge in [0.15, 0.2) is 0 Å². The number of carbonyl (C=O) groups excluding carboxylic acids is 3. The number of hydrogen-bond donors (Lipinski definition) is 5. The van der Waals surface area contributed by atoms with Gasteiger partial charge in [0, 0.05) is 35.4 Å². The number of benzene rings is 2. The molecule has 3 aromatic rings. The Kier molecular flexibility index (Phi) is 11.6. The van der Waals surface area contributed by atoms with Gasteiger partial charge < -0.3 is 45.5 Å². The maximum atomic E-state index is 14.7. The predicted octanol–water partition coefficient (Wildman–Crippen LogP) is 4.91. The van der Waals surface area contributed by atoms with Crippen LogP contribution in [0.25, 0.3) is 22.2 Å². The van der Waals surface area contributed by atoms with Gasteiger partial charge in [-0.05, 0) is 49.7 Å². The number of methoxy groups -OCH3 is 1. The summed E-state index contributed by atoms with van der Waals surface area (Å²) in [6, 6.07) is 14.6. The van der Waals surface area contributed by atoms with Crippen molar-refractivity contribution in [2.45, 2.75) is 95.1 Å². The summed E-state index contributed by atoms with van der Waals surface area (Å²) in [5.74, 6) is -0.702. The second kappa shape index (κ2) is 15.9. The van der Waals surface area contributed by atoms with Crippen molar-refractivity contribution in [3.05, 3.63) is 67.3 Å². The van der Waals surface area contributed by atoms with E-state index in [4.69, 9.17) is 24.9 Å². The maximum absolute atomic E-state index is 14.7. The van der Waals surface area contributed by atoms with Crippen molar-refractivity contribution in [2.75, 3.05) is 19.8 Å². The quantitative estimate of drug-likeness (QED) is 0.0897. The highest BCUT2D eigenvalue weighted by atomic mass is 31.2. The molecule has 296 valence electrons. The van der Waals surface area contributed by atoms with Crippen molar-refractivity contribution in [1.29, 1.82) is 0 Å². The second-order valence-electron chi connectivity index (χ2n) is 15.9. The molecule has 2 aliphatic carbocycles. The smallest absolute Gasteiger partial charge is 0.408 e. The number of aliphatic hydroxyl groups is 1. The Hall–Kier alpha value is -4.49. The van der Waals surface area contributed by atoms with Crippen LogP contribution >= 0.6 is 7.37 Å². The van der Waals surface area contributed by atoms with E-state index in [1.54, 1.807) is 40.0 Å². The fraction of sp³-hybridized carbons (Fsp3) is 0.500. The highest BCUT2D eigenvalue weighted by Crippen LogP contribution is 2.69. The topological polar surface area (TPSA) is 203 Å². The molecule has 1 saturated heterocycles. The van der Waals surface area contributed by atoms with E-state index in [0.29, 0.717) is 28.1 Å². The molecule has 3 aliphatic rings. The number of nitrogens with one attached hydrogen (secondary N) is 2. The SMILES string of the molecule is C=C[C@@H]1C[C@]1(NC(=O)[C@@H]1C[C@@H](Oc2cc(-c3ccccc3)nc3cc(OC)ccc23)CN1C(=O)C(NC(=O)OC1CCCC1)C(C)(C)C)P(=O)(O)CC(N)O. The van der Waals surface area contributed by atoms with Crippen molar-refractivity contribution in [3.63, 3.8) is 0 Å². The van der Waals surface area contributed by atoms with E-state index in [-0.39, 0.29) is 25.5 Å². The van der Waals surface area contributed by atoms with Crippen molar-refractivity contribution in [2.24, 2.45) is 17.1 Å². The Morgan fingerprint density at radius 3 is 2.45 bits per heavy atom. The zero-order valence-corrected chi connectivity index (χ0v) is 32.7. The lowest BCUT2D eigenvalue weighted by molar-refractivity contribution is -0.142. The van der Waals surface area contributed by atoms with Gasteiger partial charge in [-0.1, -0.05) is 57.2 Å². The fourth-order valence-electron chi connectivity index (χ4n) is 7.74. The van der Waals surface area contributed by atoms with E-state index < -0.39 is 72.5 Å². The van der Waals surface area contributed by atoms with Crippen LogP contribution in [0.15, 0.2) is 67.3 Å². The summed E-state index contributed by atoms with van der Waals surface area (Å²) in [7, 11) is -2.70. The van der Waals surface area contributed by atoms with Crippen LogP contribution in [0.2, 0.25) is 0 Å². The molecule has 1 aromatic heterocycles. The number of carbonyl (C=O) groups is 3. The Morgan fingerprint density at radius 2 is 1.84 bits per heavy atom. The van der Waals surface area contributed by atoms with Crippen LogP contribution in [0.5, 0.6) is 11.5 Å². The lowest BCUT2D eigenvalue weighted by Crippen LogP contribution is -2.58. The first-order valence-electron chi connectivity index (χ1n) is 18.7. The molecule has 6 rings (SSSR count). The lowest BCUT2D eigenvalue weighted by Gasteiger charge is -2.36. The molecule has 55 heavy (non-hydrogen) atoms. The molecule has 3 fully saturated rings. The van der Waals surface area contributed by atoms with E-state index in [1.165, 1.54) is 11.0 Å². The predicted molar refractivity (Wildman–Crippen MR) is 207 cm³/mol. The highest BCUT2D eigenvalue weighted by Gasteiger charge is 2.66. The van der Waals surface area contributed by atoms with Gasteiger partial charge in [0.2, 0.25) is 19.2 Å². The van der Waals surface area contributed by atoms with Crippen molar-refractivity contribution < 1.29 is 43.2 Å². The molecular formula is C40H52N5O9P. The summed E-state index contributed by atoms with van der Waals surface area (Å²) in [6.45, 7) is 9.15. The number of hydrogen-bond acceptors (Lipinski definition) is 10. The van der Waals surface area contributed by atoms with Gasteiger partial charge in [-0.3, -0.25) is 14.2 Å². The average Bonchev–Trinajstić information content (AvgIpc) is 3.40. The molecule has 0 radical (unpaired) electrons. The molecule has 2 aromatic carbocycles. The Balaban J connectivity index is 1.34. The van der Waals surface area contributed by atoms with Crippen molar-refractivity contribution in [3.8, 4) is 22.8 Å². The number of nitrogens with two attached hydrogens (primary N) is 1. The molecule has 6 N–H and O–H groups in total. The summed E-state index contributed by atoms with van der Waals surface area (Å²) in [5, 5.41) is 14.5. The third-order valence-electron chi connectivity index (χ3n) is 10.8. The first-order valence-corrected chi connectivity index (χ1v) is 20.6. The van der Waals surface area contributed by atoms with Gasteiger partial charge in [0.25, 0.3) is 0 Å². The number of aliphatic hydroxyl groups excluding tert-OH is 1. The third-order valence-corrected chi connectivity index (χ3v) is 13.6. The first kappa shape index (κ1) is 40.2. The zero-order chi connectivity index (χ0) is 39.7. The number of ether oxygens (including phenoxy) is 3. The van der Waals surface area contributed by atoms with Crippen LogP contribution in [-0.2, 0) is 18.9 Å². The molecule has 14 nitrogen and oxygen atoms in total. The highest BCUT2D eigenvalue weighted by molar-refractivity contribution is 7.60. The van der Waals surface area contributed by atoms with Crippen LogP contribution in [-0.4, -0.2) is 93.4 Å². The van der Waals surface area contributed by atoms with Crippen LogP contribution in [0.1, 0.15) is 59.3 Å². The molecule has 0 bridgehead atoms. The van der Waals surface area contributed by atoms with E-state index in [2.05, 4.69) is 17.2 Å². The van der Waals surface area contributed by atoms with Crippen LogP contribution in [0.3, 0.4) is 0 Å². The zero-order valence-electron chi connectivity index (χ0n) is 31.8. The molecule has 2 saturated carbocycles. The number of amides is 3. The summed E-state index contributed by atoms with van der Waals surface area (Å²) in [6.07, 6.45) is 1.13. The van der Waals surface area contributed by atoms with Gasteiger partial charge in [0.05, 0.1) is 31.0 Å². The Bertz CT molecular complexity index is 1970. The van der Waals surface area contributed by atoms with Crippen LogP contribution in [0.4, 0.5) is 4.79 Å². The first-order chi connectivity index (χ1) is 26.0. The standard InChI is InChI=1S/C40H52N5O9P/c1-6-25-21-40(25,55(50,51)23-34(41)46)44-36(47)32-19-28(22-45(32)37(48)35(39(2,3)4)43-38(49)54-26-14-10-11-15-26)53-33-20-30(24-12-8-7-9-13-24)42-31-18-27(52-5)16-17-29(31)33/h6-9,12-13,16-18,20,25-26,28,32,34-35,46H,1,10-11,14-15,19,21-23,41H2,2-5H3,(H,43,49)(H,44,47)(H,50,51)/t25-,28-,32+,34?,35?,40+/m1/s1. The largest absolute Gasteiger partial charge is 0.497 e. The second-order valence-corrected chi connectivity index (χ2v) is 18.5. The number of likely N-dealkylation sites (tertiary alicyclic amines) is 1. The third kappa shape index (κ3) is 8.67. The number of pyridine rings is 1. The summed E-state index contributed by atoms with van der Waals surface area (Å²) in [5.41, 5.74) is 6.82. The van der Waals surface area contributed by atoms with Gasteiger partial charge in [-0.15, -0.1) is 6.58 Å². The minimum absolute atomic E-state index is 0.0195. The van der Waals surface area contributed by atoms with Gasteiger partial charge >= 0.3 is 6.09 Å². The van der Waals surface area contributed by atoms with Gasteiger partial charge in [0.1, 0.15) is 47.3 Å². The summed E-state index contributed by atoms with van der Waals surface area (Å²) >= 11 is 0. The minimum Gasteiger partial charge on any atom is -0.497 e. The molecule has 7 atom stereocenters. The Labute approximate surface area is 321 Å². The van der Waals surface area contributed by atoms with E-state index in [9.17, 15) is 28.9 Å². The van der Waals surface area contributed by atoms with E-state index in [0.717, 1.165) is 31.2 Å². The van der Waals surface area contributed by atoms with Crippen LogP contribution in [0, 0.1) is 11.3 Å². The fourth-order valence-corrected chi connectivity index (χ4v) is 9.96. The van der Waals surface area contributed by atoms with Gasteiger partial charge in [-0.25, -0.2) is 9.78 Å². The van der Waals surface area contributed by atoms with Gasteiger partial charge in [-0.2, -0.15) is 0 Å². The summed E-state index contributed by atoms with van der Waals surface area (Å²) in [4.78, 5) is 59.6. The minimum atomic E-state index is -4.27. The molecule has 1 aliphatic heterocycles. The van der Waals surface area contributed by atoms with E-state index >= 15 is 0 Å². The van der Waals surface area contributed by atoms with Crippen molar-refractivity contribution >= 4 is 36.2 Å². The summed E-state index contributed by atoms with van der Waals surface area (Å²) < 4.78 is 31.5. The number of rotatable bonds is 13. The molecule has 0 spiro atoms. The number of alkyl carbamates (subject to hydrolysis) is 1. The van der Waals surface area contributed by atoms with Crippen molar-refractivity contribution in [1.82, 2.24) is 20.5 Å². The van der Waals surface area contributed by atoms with Crippen LogP contribution < -0.4 is 25.8 Å². The number of nitrogens with zero attached hydrogens (tertiary/aromatic N) is 2. The number of fused-ring (bicyclic) bond motifs is 1. The van der Waals surface area contributed by atoms with E-state index in [1.807, 2.05) is 42.5 Å². The molecule has 3 unspecified atom stereocenters. The molecular weight excluding hydrogens is 725 g/mol. The molecule has 15 heteroatoms.